The number of alkyl halides is 3. The molecule has 1 unspecified atom stereocenters. The lowest BCUT2D eigenvalue weighted by atomic mass is 10.1. The first-order chi connectivity index (χ1) is 12.4. The molecule has 2 aromatic rings. The SMILES string of the molecule is CC1c2cccn2CCN1C(=O)NCCOc1cccc(C(F)(F)F)c1. The van der Waals surface area contributed by atoms with Gasteiger partial charge in [-0.25, -0.2) is 4.79 Å². The minimum absolute atomic E-state index is 0.0388. The van der Waals surface area contributed by atoms with Gasteiger partial charge in [0.05, 0.1) is 18.2 Å². The number of nitrogens with one attached hydrogen (secondary N) is 1. The number of hydrogen-bond donors (Lipinski definition) is 1. The van der Waals surface area contributed by atoms with Crippen molar-refractivity contribution in [1.29, 1.82) is 0 Å². The summed E-state index contributed by atoms with van der Waals surface area (Å²) in [6.45, 7) is 3.60. The Hall–Kier alpha value is -2.64. The summed E-state index contributed by atoms with van der Waals surface area (Å²) in [4.78, 5) is 14.1. The highest BCUT2D eigenvalue weighted by molar-refractivity contribution is 5.74. The summed E-state index contributed by atoms with van der Waals surface area (Å²) in [5.74, 6) is 0.123. The van der Waals surface area contributed by atoms with E-state index in [0.717, 1.165) is 24.4 Å². The summed E-state index contributed by atoms with van der Waals surface area (Å²) in [5, 5.41) is 2.75. The summed E-state index contributed by atoms with van der Waals surface area (Å²) in [6.07, 6.45) is -2.42. The fraction of sp³-hybridized carbons (Fsp3) is 0.389. The standard InChI is InChI=1S/C18H20F3N3O2/c1-13-16-6-3-8-23(16)9-10-24(13)17(25)22-7-11-26-15-5-2-4-14(12-15)18(19,20)21/h2-6,8,12-13H,7,9-11H2,1H3,(H,22,25). The van der Waals surface area contributed by atoms with Crippen molar-refractivity contribution >= 4 is 6.03 Å². The van der Waals surface area contributed by atoms with Gasteiger partial charge in [0.1, 0.15) is 12.4 Å². The van der Waals surface area contributed by atoms with Crippen molar-refractivity contribution in [2.24, 2.45) is 0 Å². The van der Waals surface area contributed by atoms with Crippen LogP contribution in [-0.4, -0.2) is 35.2 Å². The lowest BCUT2D eigenvalue weighted by Gasteiger charge is -2.34. The molecule has 0 saturated carbocycles. The number of benzene rings is 1. The van der Waals surface area contributed by atoms with Crippen LogP contribution in [0.3, 0.4) is 0 Å². The van der Waals surface area contributed by atoms with E-state index in [2.05, 4.69) is 9.88 Å². The number of ether oxygens (including phenoxy) is 1. The minimum Gasteiger partial charge on any atom is -0.492 e. The van der Waals surface area contributed by atoms with E-state index in [-0.39, 0.29) is 31.0 Å². The third-order valence-corrected chi connectivity index (χ3v) is 4.41. The molecule has 5 nitrogen and oxygen atoms in total. The molecule has 0 aliphatic carbocycles. The Kier molecular flexibility index (Phi) is 5.11. The van der Waals surface area contributed by atoms with Gasteiger partial charge in [-0.1, -0.05) is 6.07 Å². The molecule has 1 aromatic heterocycles. The highest BCUT2D eigenvalue weighted by Gasteiger charge is 2.30. The van der Waals surface area contributed by atoms with Gasteiger partial charge in [0.15, 0.2) is 0 Å². The molecule has 0 saturated heterocycles. The molecular formula is C18H20F3N3O2. The fourth-order valence-electron chi connectivity index (χ4n) is 3.05. The average molecular weight is 367 g/mol. The van der Waals surface area contributed by atoms with Gasteiger partial charge in [-0.3, -0.25) is 0 Å². The van der Waals surface area contributed by atoms with Gasteiger partial charge in [-0.2, -0.15) is 13.2 Å². The van der Waals surface area contributed by atoms with Crippen LogP contribution in [0.2, 0.25) is 0 Å². The molecule has 1 atom stereocenters. The molecule has 0 radical (unpaired) electrons. The second kappa shape index (κ2) is 7.31. The molecule has 1 aromatic carbocycles. The maximum Gasteiger partial charge on any atom is 0.416 e. The molecule has 2 heterocycles. The number of hydrogen-bond acceptors (Lipinski definition) is 2. The van der Waals surface area contributed by atoms with Crippen LogP contribution in [0.4, 0.5) is 18.0 Å². The smallest absolute Gasteiger partial charge is 0.416 e. The fourth-order valence-corrected chi connectivity index (χ4v) is 3.05. The molecule has 1 aliphatic rings. The maximum absolute atomic E-state index is 12.7. The zero-order chi connectivity index (χ0) is 18.7. The molecule has 0 fully saturated rings. The van der Waals surface area contributed by atoms with E-state index in [1.807, 2.05) is 25.3 Å². The summed E-state index contributed by atoms with van der Waals surface area (Å²) in [7, 11) is 0. The van der Waals surface area contributed by atoms with Crippen molar-refractivity contribution in [3.05, 3.63) is 53.9 Å². The van der Waals surface area contributed by atoms with Crippen molar-refractivity contribution in [2.45, 2.75) is 25.7 Å². The molecule has 0 bridgehead atoms. The molecule has 1 aliphatic heterocycles. The third kappa shape index (κ3) is 3.95. The van der Waals surface area contributed by atoms with E-state index in [4.69, 9.17) is 4.74 Å². The van der Waals surface area contributed by atoms with Gasteiger partial charge >= 0.3 is 12.2 Å². The highest BCUT2D eigenvalue weighted by atomic mass is 19.4. The first-order valence-corrected chi connectivity index (χ1v) is 8.36. The van der Waals surface area contributed by atoms with Crippen LogP contribution in [0.25, 0.3) is 0 Å². The van der Waals surface area contributed by atoms with Crippen LogP contribution in [-0.2, 0) is 12.7 Å². The van der Waals surface area contributed by atoms with Gasteiger partial charge < -0.3 is 19.5 Å². The van der Waals surface area contributed by atoms with Gasteiger partial charge in [0, 0.05) is 25.0 Å². The van der Waals surface area contributed by atoms with Crippen LogP contribution in [0, 0.1) is 0 Å². The van der Waals surface area contributed by atoms with E-state index in [9.17, 15) is 18.0 Å². The van der Waals surface area contributed by atoms with E-state index >= 15 is 0 Å². The zero-order valence-corrected chi connectivity index (χ0v) is 14.3. The predicted octanol–water partition coefficient (Wildman–Crippen LogP) is 3.67. The Morgan fingerprint density at radius 1 is 1.27 bits per heavy atom. The quantitative estimate of drug-likeness (QED) is 0.838. The second-order valence-corrected chi connectivity index (χ2v) is 6.10. The number of carbonyl (C=O) groups is 1. The normalized spacial score (nSPS) is 16.9. The number of aromatic nitrogens is 1. The number of nitrogens with zero attached hydrogens (tertiary/aromatic N) is 2. The van der Waals surface area contributed by atoms with Crippen LogP contribution >= 0.6 is 0 Å². The number of urea groups is 1. The number of fused-ring (bicyclic) bond motifs is 1. The van der Waals surface area contributed by atoms with Gasteiger partial charge in [0.25, 0.3) is 0 Å². The number of halogens is 3. The molecule has 3 rings (SSSR count). The monoisotopic (exact) mass is 367 g/mol. The number of rotatable bonds is 4. The molecule has 2 amide bonds. The lowest BCUT2D eigenvalue weighted by Crippen LogP contribution is -2.46. The third-order valence-electron chi connectivity index (χ3n) is 4.41. The molecule has 8 heteroatoms. The Morgan fingerprint density at radius 3 is 2.85 bits per heavy atom. The van der Waals surface area contributed by atoms with Gasteiger partial charge in [-0.15, -0.1) is 0 Å². The minimum atomic E-state index is -4.41. The summed E-state index contributed by atoms with van der Waals surface area (Å²) in [5.41, 5.74) is 0.316. The molecule has 26 heavy (non-hydrogen) atoms. The highest BCUT2D eigenvalue weighted by Crippen LogP contribution is 2.31. The number of carbonyl (C=O) groups excluding carboxylic acids is 1. The van der Waals surface area contributed by atoms with Gasteiger partial charge in [-0.05, 0) is 37.3 Å². The van der Waals surface area contributed by atoms with Crippen LogP contribution in [0.1, 0.15) is 24.2 Å². The Balaban J connectivity index is 1.48. The zero-order valence-electron chi connectivity index (χ0n) is 14.3. The summed E-state index contributed by atoms with van der Waals surface area (Å²) < 4.78 is 45.4. The Morgan fingerprint density at radius 2 is 2.08 bits per heavy atom. The van der Waals surface area contributed by atoms with E-state index in [1.165, 1.54) is 12.1 Å². The predicted molar refractivity (Wildman–Crippen MR) is 89.9 cm³/mol. The van der Waals surface area contributed by atoms with Crippen molar-refractivity contribution in [2.75, 3.05) is 19.7 Å². The van der Waals surface area contributed by atoms with Crippen molar-refractivity contribution < 1.29 is 22.7 Å². The summed E-state index contributed by atoms with van der Waals surface area (Å²) >= 11 is 0. The van der Waals surface area contributed by atoms with Crippen LogP contribution in [0.15, 0.2) is 42.6 Å². The van der Waals surface area contributed by atoms with Crippen LogP contribution < -0.4 is 10.1 Å². The molecular weight excluding hydrogens is 347 g/mol. The Labute approximate surface area is 149 Å². The van der Waals surface area contributed by atoms with E-state index in [1.54, 1.807) is 4.90 Å². The Bertz CT molecular complexity index is 773. The largest absolute Gasteiger partial charge is 0.492 e. The topological polar surface area (TPSA) is 46.5 Å². The molecule has 0 spiro atoms. The van der Waals surface area contributed by atoms with E-state index in [0.29, 0.717) is 6.54 Å². The molecule has 1 N–H and O–H groups in total. The van der Waals surface area contributed by atoms with Crippen molar-refractivity contribution in [3.8, 4) is 5.75 Å². The maximum atomic E-state index is 12.7. The number of amides is 2. The average Bonchev–Trinajstić information content (AvgIpc) is 3.08. The first kappa shape index (κ1) is 18.2. The lowest BCUT2D eigenvalue weighted by molar-refractivity contribution is -0.137. The first-order valence-electron chi connectivity index (χ1n) is 8.36. The van der Waals surface area contributed by atoms with Crippen molar-refractivity contribution in [3.63, 3.8) is 0 Å². The molecule has 140 valence electrons. The summed E-state index contributed by atoms with van der Waals surface area (Å²) in [6, 6.07) is 8.38. The van der Waals surface area contributed by atoms with E-state index < -0.39 is 11.7 Å². The second-order valence-electron chi connectivity index (χ2n) is 6.10. The van der Waals surface area contributed by atoms with Crippen molar-refractivity contribution in [1.82, 2.24) is 14.8 Å². The van der Waals surface area contributed by atoms with Gasteiger partial charge in [0.2, 0.25) is 0 Å². The van der Waals surface area contributed by atoms with Crippen LogP contribution in [0.5, 0.6) is 5.75 Å².